The van der Waals surface area contributed by atoms with E-state index >= 15 is 0 Å². The maximum atomic E-state index is 11.5. The summed E-state index contributed by atoms with van der Waals surface area (Å²) in [6, 6.07) is 0. The van der Waals surface area contributed by atoms with E-state index in [0.29, 0.717) is 24.8 Å². The van der Waals surface area contributed by atoms with Gasteiger partial charge in [-0.3, -0.25) is 9.69 Å². The van der Waals surface area contributed by atoms with Crippen molar-refractivity contribution in [1.82, 2.24) is 15.2 Å². The Hall–Kier alpha value is -1.04. The minimum absolute atomic E-state index is 0.0717. The highest BCUT2D eigenvalue weighted by Crippen LogP contribution is 2.22. The van der Waals surface area contributed by atoms with Crippen molar-refractivity contribution in [3.63, 3.8) is 0 Å². The highest BCUT2D eigenvalue weighted by molar-refractivity contribution is 9.09. The van der Waals surface area contributed by atoms with Gasteiger partial charge in [-0.2, -0.15) is 5.10 Å². The topological polar surface area (TPSA) is 59.0 Å². The van der Waals surface area contributed by atoms with E-state index in [2.05, 4.69) is 31.1 Å². The molecule has 1 atom stereocenters. The number of alkyl halides is 1. The molecular weight excluding hydrogens is 248 g/mol. The van der Waals surface area contributed by atoms with E-state index in [1.54, 1.807) is 4.90 Å². The molecule has 0 radical (unpaired) electrons. The molecule has 0 N–H and O–H groups in total. The maximum Gasteiger partial charge on any atom is 0.251 e. The van der Waals surface area contributed by atoms with E-state index in [1.165, 1.54) is 12.4 Å². The third kappa shape index (κ3) is 1.75. The van der Waals surface area contributed by atoms with Gasteiger partial charge in [-0.05, 0) is 5.92 Å². The largest absolute Gasteiger partial charge is 0.279 e. The van der Waals surface area contributed by atoms with E-state index in [0.717, 1.165) is 5.33 Å². The fourth-order valence-electron chi connectivity index (χ4n) is 1.44. The molecule has 5 nitrogen and oxygen atoms in total. The zero-order valence-corrected chi connectivity index (χ0v) is 9.01. The Morgan fingerprint density at radius 1 is 1.57 bits per heavy atom. The maximum absolute atomic E-state index is 11.5. The highest BCUT2D eigenvalue weighted by Gasteiger charge is 2.31. The molecule has 0 aromatic carbocycles. The summed E-state index contributed by atoms with van der Waals surface area (Å²) in [7, 11) is 0. The summed E-state index contributed by atoms with van der Waals surface area (Å²) in [6.45, 7) is 0.676. The number of nitrogens with zero attached hydrogens (tertiary/aromatic N) is 4. The smallest absolute Gasteiger partial charge is 0.251 e. The summed E-state index contributed by atoms with van der Waals surface area (Å²) in [5.74, 6) is 0.828. The van der Waals surface area contributed by atoms with Crippen LogP contribution in [0.4, 0.5) is 5.95 Å². The van der Waals surface area contributed by atoms with Crippen molar-refractivity contribution >= 4 is 27.8 Å². The van der Waals surface area contributed by atoms with Crippen molar-refractivity contribution in [2.24, 2.45) is 5.92 Å². The molecule has 1 unspecified atom stereocenters. The molecule has 0 aliphatic carbocycles. The van der Waals surface area contributed by atoms with Crippen LogP contribution >= 0.6 is 15.9 Å². The van der Waals surface area contributed by atoms with E-state index in [9.17, 15) is 4.79 Å². The molecule has 14 heavy (non-hydrogen) atoms. The van der Waals surface area contributed by atoms with Crippen LogP contribution in [-0.4, -0.2) is 33.0 Å². The van der Waals surface area contributed by atoms with Gasteiger partial charge in [-0.1, -0.05) is 15.9 Å². The molecule has 0 saturated carbocycles. The molecule has 74 valence electrons. The first kappa shape index (κ1) is 9.51. The average molecular weight is 257 g/mol. The van der Waals surface area contributed by atoms with Crippen molar-refractivity contribution in [3.8, 4) is 0 Å². The minimum Gasteiger partial charge on any atom is -0.279 e. The number of amides is 1. The normalized spacial score (nSPS) is 21.6. The Balaban J connectivity index is 2.17. The Labute approximate surface area is 89.7 Å². The van der Waals surface area contributed by atoms with Gasteiger partial charge >= 0.3 is 0 Å². The Kier molecular flexibility index (Phi) is 2.72. The molecule has 1 amide bonds. The van der Waals surface area contributed by atoms with Crippen LogP contribution in [0.1, 0.15) is 6.42 Å². The fraction of sp³-hybridized carbons (Fsp3) is 0.500. The monoisotopic (exact) mass is 256 g/mol. The predicted molar refractivity (Wildman–Crippen MR) is 54.1 cm³/mol. The lowest BCUT2D eigenvalue weighted by Gasteiger charge is -2.12. The van der Waals surface area contributed by atoms with Gasteiger partial charge in [-0.25, -0.2) is 4.98 Å². The fourth-order valence-corrected chi connectivity index (χ4v) is 1.88. The molecular formula is C8H9BrN4O. The molecule has 0 bridgehead atoms. The van der Waals surface area contributed by atoms with Crippen molar-refractivity contribution in [2.75, 3.05) is 16.8 Å². The van der Waals surface area contributed by atoms with E-state index in [-0.39, 0.29) is 5.91 Å². The van der Waals surface area contributed by atoms with Gasteiger partial charge < -0.3 is 0 Å². The zero-order valence-electron chi connectivity index (χ0n) is 7.43. The number of hydrogen-bond donors (Lipinski definition) is 0. The van der Waals surface area contributed by atoms with Gasteiger partial charge in [0.25, 0.3) is 5.95 Å². The summed E-state index contributed by atoms with van der Waals surface area (Å²) in [6.07, 6.45) is 3.59. The third-order valence-corrected chi connectivity index (χ3v) is 3.05. The first-order chi connectivity index (χ1) is 6.81. The Bertz CT molecular complexity index is 331. The first-order valence-corrected chi connectivity index (χ1v) is 5.43. The van der Waals surface area contributed by atoms with Gasteiger partial charge in [-0.15, -0.1) is 5.10 Å². The summed E-state index contributed by atoms with van der Waals surface area (Å²) >= 11 is 3.37. The molecule has 1 aromatic rings. The Morgan fingerprint density at radius 2 is 2.43 bits per heavy atom. The van der Waals surface area contributed by atoms with E-state index in [1.807, 2.05) is 0 Å². The summed E-state index contributed by atoms with van der Waals surface area (Å²) < 4.78 is 0. The van der Waals surface area contributed by atoms with Crippen molar-refractivity contribution in [2.45, 2.75) is 6.42 Å². The average Bonchev–Trinajstić information content (AvgIpc) is 2.61. The Morgan fingerprint density at radius 3 is 3.00 bits per heavy atom. The molecule has 1 aliphatic heterocycles. The lowest BCUT2D eigenvalue weighted by molar-refractivity contribution is -0.117. The first-order valence-electron chi connectivity index (χ1n) is 4.31. The van der Waals surface area contributed by atoms with Crippen LogP contribution in [0, 0.1) is 5.92 Å². The summed E-state index contributed by atoms with van der Waals surface area (Å²) in [5, 5.41) is 8.33. The second kappa shape index (κ2) is 4.00. The third-order valence-electron chi connectivity index (χ3n) is 2.14. The molecule has 0 spiro atoms. The quantitative estimate of drug-likeness (QED) is 0.729. The van der Waals surface area contributed by atoms with Gasteiger partial charge in [0.1, 0.15) is 0 Å². The number of halogens is 1. The van der Waals surface area contributed by atoms with Crippen LogP contribution in [0.5, 0.6) is 0 Å². The molecule has 1 fully saturated rings. The number of aromatic nitrogens is 3. The van der Waals surface area contributed by atoms with Crippen LogP contribution in [0.3, 0.4) is 0 Å². The molecule has 1 aromatic heterocycles. The van der Waals surface area contributed by atoms with Crippen molar-refractivity contribution in [1.29, 1.82) is 0 Å². The SMILES string of the molecule is O=C1CC(CBr)CN1c1nccnn1. The number of hydrogen-bond acceptors (Lipinski definition) is 4. The van der Waals surface area contributed by atoms with Gasteiger partial charge in [0.05, 0.1) is 12.4 Å². The highest BCUT2D eigenvalue weighted by atomic mass is 79.9. The molecule has 2 rings (SSSR count). The molecule has 1 saturated heterocycles. The zero-order chi connectivity index (χ0) is 9.97. The summed E-state index contributed by atoms with van der Waals surface area (Å²) in [5.41, 5.74) is 0. The predicted octanol–water partition coefficient (Wildman–Crippen LogP) is 0.619. The van der Waals surface area contributed by atoms with E-state index < -0.39 is 0 Å². The lowest BCUT2D eigenvalue weighted by atomic mass is 10.2. The van der Waals surface area contributed by atoms with Crippen molar-refractivity contribution < 1.29 is 4.79 Å². The van der Waals surface area contributed by atoms with Crippen LogP contribution in [0.2, 0.25) is 0 Å². The van der Waals surface area contributed by atoms with E-state index in [4.69, 9.17) is 0 Å². The van der Waals surface area contributed by atoms with Gasteiger partial charge in [0.15, 0.2) is 0 Å². The number of rotatable bonds is 2. The summed E-state index contributed by atoms with van der Waals surface area (Å²) in [4.78, 5) is 17.1. The van der Waals surface area contributed by atoms with Crippen LogP contribution < -0.4 is 4.90 Å². The molecule has 2 heterocycles. The van der Waals surface area contributed by atoms with Gasteiger partial charge in [0.2, 0.25) is 5.91 Å². The molecule has 1 aliphatic rings. The van der Waals surface area contributed by atoms with Crippen LogP contribution in [0.15, 0.2) is 12.4 Å². The van der Waals surface area contributed by atoms with Crippen LogP contribution in [-0.2, 0) is 4.79 Å². The standard InChI is InChI=1S/C8H9BrN4O/c9-4-6-3-7(14)13(5-6)8-10-1-2-11-12-8/h1-2,6H,3-5H2. The lowest BCUT2D eigenvalue weighted by Crippen LogP contribution is -2.26. The van der Waals surface area contributed by atoms with Gasteiger partial charge in [0, 0.05) is 18.3 Å². The number of carbonyl (C=O) groups excluding carboxylic acids is 1. The number of anilines is 1. The molecule has 6 heteroatoms. The van der Waals surface area contributed by atoms with Crippen LogP contribution in [0.25, 0.3) is 0 Å². The second-order valence-corrected chi connectivity index (χ2v) is 3.82. The van der Waals surface area contributed by atoms with Crippen molar-refractivity contribution in [3.05, 3.63) is 12.4 Å². The minimum atomic E-state index is 0.0717. The second-order valence-electron chi connectivity index (χ2n) is 3.17. The number of carbonyl (C=O) groups is 1.